The summed E-state index contributed by atoms with van der Waals surface area (Å²) in [6, 6.07) is 6.17. The molecule has 0 N–H and O–H groups in total. The Hall–Kier alpha value is -2.17. The molecule has 0 saturated carbocycles. The van der Waals surface area contributed by atoms with Crippen LogP contribution in [0, 0.1) is 0 Å². The summed E-state index contributed by atoms with van der Waals surface area (Å²) in [7, 11) is -4.14. The van der Waals surface area contributed by atoms with Gasteiger partial charge in [-0.3, -0.25) is 9.78 Å². The fourth-order valence-electron chi connectivity index (χ4n) is 3.16. The molecular formula is C19H19ClF3N3O3S. The predicted molar refractivity (Wildman–Crippen MR) is 104 cm³/mol. The number of halogens is 4. The number of benzene rings is 1. The molecule has 1 saturated heterocycles. The Morgan fingerprint density at radius 2 is 1.83 bits per heavy atom. The smallest absolute Gasteiger partial charge is 0.340 e. The lowest BCUT2D eigenvalue weighted by atomic mass is 10.1. The van der Waals surface area contributed by atoms with Crippen molar-refractivity contribution in [1.82, 2.24) is 14.2 Å². The van der Waals surface area contributed by atoms with Gasteiger partial charge in [0.2, 0.25) is 15.9 Å². The van der Waals surface area contributed by atoms with Crippen molar-refractivity contribution in [2.24, 2.45) is 0 Å². The van der Waals surface area contributed by atoms with Gasteiger partial charge in [0.05, 0.1) is 15.5 Å². The molecule has 1 aliphatic heterocycles. The van der Waals surface area contributed by atoms with E-state index in [1.54, 1.807) is 23.4 Å². The average molecular weight is 462 g/mol. The van der Waals surface area contributed by atoms with Crippen LogP contribution in [0.1, 0.15) is 17.5 Å². The molecule has 1 amide bonds. The van der Waals surface area contributed by atoms with Crippen molar-refractivity contribution in [2.75, 3.05) is 26.2 Å². The van der Waals surface area contributed by atoms with Crippen LogP contribution in [0.25, 0.3) is 0 Å². The Balaban J connectivity index is 1.63. The summed E-state index contributed by atoms with van der Waals surface area (Å²) in [4.78, 5) is 17.5. The van der Waals surface area contributed by atoms with Gasteiger partial charge in [0, 0.05) is 45.0 Å². The number of carbonyl (C=O) groups is 1. The third kappa shape index (κ3) is 5.11. The number of pyridine rings is 1. The van der Waals surface area contributed by atoms with Crippen molar-refractivity contribution >= 4 is 27.5 Å². The number of amides is 1. The van der Waals surface area contributed by atoms with Crippen LogP contribution in [-0.4, -0.2) is 54.7 Å². The van der Waals surface area contributed by atoms with Gasteiger partial charge in [-0.05, 0) is 36.2 Å². The zero-order chi connectivity index (χ0) is 21.9. The minimum atomic E-state index is -4.76. The zero-order valence-corrected chi connectivity index (χ0v) is 17.3. The highest BCUT2D eigenvalue weighted by Gasteiger charge is 2.36. The molecule has 2 aromatic rings. The first-order valence-electron chi connectivity index (χ1n) is 9.12. The van der Waals surface area contributed by atoms with Crippen molar-refractivity contribution in [3.63, 3.8) is 0 Å². The Morgan fingerprint density at radius 3 is 2.43 bits per heavy atom. The van der Waals surface area contributed by atoms with Gasteiger partial charge in [-0.1, -0.05) is 17.7 Å². The largest absolute Gasteiger partial charge is 0.417 e. The Labute approximate surface area is 177 Å². The molecule has 0 unspecified atom stereocenters. The van der Waals surface area contributed by atoms with E-state index in [1.807, 2.05) is 6.07 Å². The average Bonchev–Trinajstić information content (AvgIpc) is 2.72. The second kappa shape index (κ2) is 8.91. The standard InChI is InChI=1S/C19H19ClF3N3O3S/c20-17-5-4-15(12-16(17)19(21,22)23)30(28,29)26-10-8-25(9-11-26)18(27)6-3-14-2-1-7-24-13-14/h1-2,4-5,7,12-13H,3,6,8-11H2. The molecule has 0 atom stereocenters. The number of piperazine rings is 1. The van der Waals surface area contributed by atoms with E-state index in [1.165, 1.54) is 0 Å². The maximum absolute atomic E-state index is 13.1. The predicted octanol–water partition coefficient (Wildman–Crippen LogP) is 3.22. The summed E-state index contributed by atoms with van der Waals surface area (Å²) in [5, 5.41) is -0.564. The molecule has 30 heavy (non-hydrogen) atoms. The fourth-order valence-corrected chi connectivity index (χ4v) is 4.84. The van der Waals surface area contributed by atoms with E-state index in [0.717, 1.165) is 22.0 Å². The van der Waals surface area contributed by atoms with E-state index in [9.17, 15) is 26.4 Å². The molecule has 0 spiro atoms. The van der Waals surface area contributed by atoms with Crippen LogP contribution < -0.4 is 0 Å². The highest BCUT2D eigenvalue weighted by Crippen LogP contribution is 2.36. The fraction of sp³-hybridized carbons (Fsp3) is 0.368. The Bertz CT molecular complexity index is 1010. The maximum atomic E-state index is 13.1. The normalized spacial score (nSPS) is 15.9. The Morgan fingerprint density at radius 1 is 1.13 bits per heavy atom. The first-order chi connectivity index (χ1) is 14.1. The molecule has 0 radical (unpaired) electrons. The molecule has 1 aromatic carbocycles. The number of alkyl halides is 3. The molecule has 1 aliphatic rings. The summed E-state index contributed by atoms with van der Waals surface area (Å²) >= 11 is 5.57. The molecule has 11 heteroatoms. The third-order valence-electron chi connectivity index (χ3n) is 4.82. The molecule has 1 fully saturated rings. The molecule has 2 heterocycles. The van der Waals surface area contributed by atoms with Crippen LogP contribution in [-0.2, 0) is 27.4 Å². The van der Waals surface area contributed by atoms with Crippen molar-refractivity contribution in [3.8, 4) is 0 Å². The lowest BCUT2D eigenvalue weighted by Crippen LogP contribution is -2.50. The van der Waals surface area contributed by atoms with Crippen molar-refractivity contribution in [1.29, 1.82) is 0 Å². The van der Waals surface area contributed by atoms with Crippen LogP contribution >= 0.6 is 11.6 Å². The Kier molecular flexibility index (Phi) is 6.68. The minimum Gasteiger partial charge on any atom is -0.340 e. The lowest BCUT2D eigenvalue weighted by Gasteiger charge is -2.34. The van der Waals surface area contributed by atoms with Gasteiger partial charge < -0.3 is 4.90 Å². The first kappa shape index (κ1) is 22.5. The molecule has 6 nitrogen and oxygen atoms in total. The lowest BCUT2D eigenvalue weighted by molar-refractivity contribution is -0.137. The van der Waals surface area contributed by atoms with Gasteiger partial charge in [-0.25, -0.2) is 8.42 Å². The van der Waals surface area contributed by atoms with E-state index >= 15 is 0 Å². The molecule has 162 valence electrons. The summed E-state index contributed by atoms with van der Waals surface area (Å²) in [6.07, 6.45) is -0.648. The number of nitrogens with zero attached hydrogens (tertiary/aromatic N) is 3. The van der Waals surface area contributed by atoms with E-state index in [0.29, 0.717) is 12.5 Å². The van der Waals surface area contributed by atoms with Crippen molar-refractivity contribution in [3.05, 3.63) is 58.9 Å². The van der Waals surface area contributed by atoms with Crippen LogP contribution in [0.2, 0.25) is 5.02 Å². The second-order valence-electron chi connectivity index (χ2n) is 6.79. The molecule has 0 bridgehead atoms. The second-order valence-corrected chi connectivity index (χ2v) is 9.13. The van der Waals surface area contributed by atoms with E-state index < -0.39 is 31.7 Å². The molecule has 0 aliphatic carbocycles. The molecule has 1 aromatic heterocycles. The van der Waals surface area contributed by atoms with Crippen LogP contribution in [0.4, 0.5) is 13.2 Å². The van der Waals surface area contributed by atoms with Gasteiger partial charge >= 0.3 is 6.18 Å². The number of hydrogen-bond acceptors (Lipinski definition) is 4. The number of aryl methyl sites for hydroxylation is 1. The number of rotatable bonds is 5. The summed E-state index contributed by atoms with van der Waals surface area (Å²) in [5.41, 5.74) is -0.273. The number of sulfonamides is 1. The summed E-state index contributed by atoms with van der Waals surface area (Å²) in [5.74, 6) is -0.109. The highest BCUT2D eigenvalue weighted by molar-refractivity contribution is 7.89. The topological polar surface area (TPSA) is 70.6 Å². The van der Waals surface area contributed by atoms with Crippen molar-refractivity contribution < 1.29 is 26.4 Å². The summed E-state index contributed by atoms with van der Waals surface area (Å²) < 4.78 is 65.8. The van der Waals surface area contributed by atoms with Gasteiger partial charge in [0.15, 0.2) is 0 Å². The van der Waals surface area contributed by atoms with Crippen LogP contribution in [0.15, 0.2) is 47.6 Å². The number of carbonyl (C=O) groups excluding carboxylic acids is 1. The van der Waals surface area contributed by atoms with E-state index in [4.69, 9.17) is 11.6 Å². The molecular weight excluding hydrogens is 443 g/mol. The van der Waals surface area contributed by atoms with Gasteiger partial charge in [-0.15, -0.1) is 0 Å². The monoisotopic (exact) mass is 461 g/mol. The minimum absolute atomic E-state index is 0.00490. The highest BCUT2D eigenvalue weighted by atomic mass is 35.5. The SMILES string of the molecule is O=C(CCc1cccnc1)N1CCN(S(=O)(=O)c2ccc(Cl)c(C(F)(F)F)c2)CC1. The van der Waals surface area contributed by atoms with Gasteiger partial charge in [-0.2, -0.15) is 17.5 Å². The number of hydrogen-bond donors (Lipinski definition) is 0. The van der Waals surface area contributed by atoms with Crippen molar-refractivity contribution in [2.45, 2.75) is 23.9 Å². The van der Waals surface area contributed by atoms with Gasteiger partial charge in [0.1, 0.15) is 0 Å². The maximum Gasteiger partial charge on any atom is 0.417 e. The number of aromatic nitrogens is 1. The van der Waals surface area contributed by atoms with Crippen LogP contribution in [0.5, 0.6) is 0 Å². The zero-order valence-electron chi connectivity index (χ0n) is 15.8. The van der Waals surface area contributed by atoms with Crippen LogP contribution in [0.3, 0.4) is 0 Å². The first-order valence-corrected chi connectivity index (χ1v) is 10.9. The summed E-state index contributed by atoms with van der Waals surface area (Å²) in [6.45, 7) is 0.353. The van der Waals surface area contributed by atoms with E-state index in [-0.39, 0.29) is 38.5 Å². The van der Waals surface area contributed by atoms with E-state index in [2.05, 4.69) is 4.98 Å². The quantitative estimate of drug-likeness (QED) is 0.685. The molecule has 3 rings (SSSR count). The third-order valence-corrected chi connectivity index (χ3v) is 7.05. The van der Waals surface area contributed by atoms with Gasteiger partial charge in [0.25, 0.3) is 0 Å².